The molecule has 0 aromatic carbocycles. The molecule has 0 aromatic rings. The van der Waals surface area contributed by atoms with E-state index in [0.717, 1.165) is 19.1 Å². The SMILES string of the molecule is CC1NCN(CCC2CC2)C1=O. The van der Waals surface area contributed by atoms with Gasteiger partial charge in [-0.05, 0) is 19.3 Å². The summed E-state index contributed by atoms with van der Waals surface area (Å²) in [6, 6.07) is 0.0456. The number of amides is 1. The first-order chi connectivity index (χ1) is 5.77. The Morgan fingerprint density at radius 2 is 2.33 bits per heavy atom. The second kappa shape index (κ2) is 3.05. The lowest BCUT2D eigenvalue weighted by Gasteiger charge is -2.13. The summed E-state index contributed by atoms with van der Waals surface area (Å²) in [5, 5.41) is 3.14. The zero-order valence-corrected chi connectivity index (χ0v) is 7.55. The van der Waals surface area contributed by atoms with Crippen molar-refractivity contribution in [3.05, 3.63) is 0 Å². The van der Waals surface area contributed by atoms with Gasteiger partial charge in [-0.1, -0.05) is 12.8 Å². The monoisotopic (exact) mass is 168 g/mol. The predicted octanol–water partition coefficient (Wildman–Crippen LogP) is 0.564. The van der Waals surface area contributed by atoms with Crippen molar-refractivity contribution in [1.29, 1.82) is 0 Å². The lowest BCUT2D eigenvalue weighted by Crippen LogP contribution is -2.29. The molecule has 1 saturated carbocycles. The molecule has 3 nitrogen and oxygen atoms in total. The van der Waals surface area contributed by atoms with Gasteiger partial charge in [0.2, 0.25) is 5.91 Å². The van der Waals surface area contributed by atoms with Gasteiger partial charge in [0, 0.05) is 6.54 Å². The number of rotatable bonds is 3. The fraction of sp³-hybridized carbons (Fsp3) is 0.889. The molecule has 1 aliphatic heterocycles. The Kier molecular flexibility index (Phi) is 2.05. The summed E-state index contributed by atoms with van der Waals surface area (Å²) in [6.45, 7) is 3.65. The summed E-state index contributed by atoms with van der Waals surface area (Å²) in [5.74, 6) is 1.20. The van der Waals surface area contributed by atoms with Crippen molar-refractivity contribution >= 4 is 5.91 Å². The third-order valence-corrected chi connectivity index (χ3v) is 2.77. The molecule has 1 unspecified atom stereocenters. The lowest BCUT2D eigenvalue weighted by molar-refractivity contribution is -0.128. The summed E-state index contributed by atoms with van der Waals surface area (Å²) >= 11 is 0. The van der Waals surface area contributed by atoms with Crippen LogP contribution in [0, 0.1) is 5.92 Å². The number of carbonyl (C=O) groups is 1. The largest absolute Gasteiger partial charge is 0.329 e. The molecular formula is C9H16N2O. The molecule has 1 amide bonds. The van der Waals surface area contributed by atoms with Crippen molar-refractivity contribution < 1.29 is 4.79 Å². The van der Waals surface area contributed by atoms with Crippen LogP contribution < -0.4 is 5.32 Å². The van der Waals surface area contributed by atoms with E-state index in [9.17, 15) is 4.79 Å². The molecule has 68 valence electrons. The first kappa shape index (κ1) is 8.05. The molecule has 2 rings (SSSR count). The highest BCUT2D eigenvalue weighted by molar-refractivity contribution is 5.83. The predicted molar refractivity (Wildman–Crippen MR) is 46.5 cm³/mol. The van der Waals surface area contributed by atoms with Gasteiger partial charge in [0.15, 0.2) is 0 Å². The van der Waals surface area contributed by atoms with Crippen LogP contribution in [-0.4, -0.2) is 30.1 Å². The Labute approximate surface area is 73.1 Å². The highest BCUT2D eigenvalue weighted by atomic mass is 16.2. The molecular weight excluding hydrogens is 152 g/mol. The minimum atomic E-state index is 0.0456. The van der Waals surface area contributed by atoms with Gasteiger partial charge in [-0.25, -0.2) is 0 Å². The second-order valence-electron chi connectivity index (χ2n) is 3.92. The van der Waals surface area contributed by atoms with Crippen LogP contribution in [0.5, 0.6) is 0 Å². The van der Waals surface area contributed by atoms with Gasteiger partial charge in [0.1, 0.15) is 0 Å². The zero-order valence-electron chi connectivity index (χ0n) is 7.55. The smallest absolute Gasteiger partial charge is 0.240 e. The van der Waals surface area contributed by atoms with E-state index < -0.39 is 0 Å². The first-order valence-electron chi connectivity index (χ1n) is 4.79. The zero-order chi connectivity index (χ0) is 8.55. The molecule has 0 bridgehead atoms. The maximum Gasteiger partial charge on any atom is 0.240 e. The molecule has 1 saturated heterocycles. The van der Waals surface area contributed by atoms with Gasteiger partial charge in [0.05, 0.1) is 12.7 Å². The van der Waals surface area contributed by atoms with Crippen molar-refractivity contribution in [2.24, 2.45) is 5.92 Å². The van der Waals surface area contributed by atoms with Crippen LogP contribution in [0.4, 0.5) is 0 Å². The van der Waals surface area contributed by atoms with E-state index >= 15 is 0 Å². The lowest BCUT2D eigenvalue weighted by atomic mass is 10.2. The van der Waals surface area contributed by atoms with Gasteiger partial charge < -0.3 is 4.90 Å². The second-order valence-corrected chi connectivity index (χ2v) is 3.92. The molecule has 1 N–H and O–H groups in total. The van der Waals surface area contributed by atoms with E-state index in [4.69, 9.17) is 0 Å². The Balaban J connectivity index is 1.76. The van der Waals surface area contributed by atoms with E-state index in [0.29, 0.717) is 0 Å². The van der Waals surface area contributed by atoms with Crippen molar-refractivity contribution in [3.8, 4) is 0 Å². The molecule has 1 aliphatic carbocycles. The van der Waals surface area contributed by atoms with Gasteiger partial charge in [-0.3, -0.25) is 10.1 Å². The van der Waals surface area contributed by atoms with Crippen LogP contribution in [0.2, 0.25) is 0 Å². The molecule has 12 heavy (non-hydrogen) atoms. The minimum Gasteiger partial charge on any atom is -0.329 e. The maximum atomic E-state index is 11.4. The minimum absolute atomic E-state index is 0.0456. The molecule has 1 atom stereocenters. The summed E-state index contributed by atoms with van der Waals surface area (Å²) < 4.78 is 0. The Bertz CT molecular complexity index is 189. The van der Waals surface area contributed by atoms with Gasteiger partial charge in [-0.15, -0.1) is 0 Å². The van der Waals surface area contributed by atoms with Crippen molar-refractivity contribution in [3.63, 3.8) is 0 Å². The Hall–Kier alpha value is -0.570. The molecule has 2 fully saturated rings. The third-order valence-electron chi connectivity index (χ3n) is 2.77. The van der Waals surface area contributed by atoms with E-state index in [-0.39, 0.29) is 11.9 Å². The number of hydrogen-bond donors (Lipinski definition) is 1. The number of hydrogen-bond acceptors (Lipinski definition) is 2. The van der Waals surface area contributed by atoms with Crippen molar-refractivity contribution in [2.75, 3.05) is 13.2 Å². The average Bonchev–Trinajstić information content (AvgIpc) is 2.82. The van der Waals surface area contributed by atoms with E-state index in [2.05, 4.69) is 5.32 Å². The first-order valence-corrected chi connectivity index (χ1v) is 4.79. The normalized spacial score (nSPS) is 29.9. The fourth-order valence-corrected chi connectivity index (χ4v) is 1.62. The van der Waals surface area contributed by atoms with Gasteiger partial charge in [-0.2, -0.15) is 0 Å². The van der Waals surface area contributed by atoms with Crippen molar-refractivity contribution in [2.45, 2.75) is 32.2 Å². The highest BCUT2D eigenvalue weighted by Crippen LogP contribution is 2.32. The van der Waals surface area contributed by atoms with E-state index in [1.165, 1.54) is 19.3 Å². The van der Waals surface area contributed by atoms with Crippen LogP contribution in [0.15, 0.2) is 0 Å². The quantitative estimate of drug-likeness (QED) is 0.668. The molecule has 0 aromatic heterocycles. The number of nitrogens with zero attached hydrogens (tertiary/aromatic N) is 1. The topological polar surface area (TPSA) is 32.3 Å². The third kappa shape index (κ3) is 1.61. The fourth-order valence-electron chi connectivity index (χ4n) is 1.62. The summed E-state index contributed by atoms with van der Waals surface area (Å²) in [6.07, 6.45) is 3.97. The van der Waals surface area contributed by atoms with Gasteiger partial charge >= 0.3 is 0 Å². The van der Waals surface area contributed by atoms with Gasteiger partial charge in [0.25, 0.3) is 0 Å². The molecule has 0 spiro atoms. The molecule has 3 heteroatoms. The summed E-state index contributed by atoms with van der Waals surface area (Å²) in [7, 11) is 0. The van der Waals surface area contributed by atoms with Crippen molar-refractivity contribution in [1.82, 2.24) is 10.2 Å². The average molecular weight is 168 g/mol. The standard InChI is InChI=1S/C9H16N2O/c1-7-9(12)11(6-10-7)5-4-8-2-3-8/h7-8,10H,2-6H2,1H3. The van der Waals surface area contributed by atoms with Crippen LogP contribution >= 0.6 is 0 Å². The highest BCUT2D eigenvalue weighted by Gasteiger charge is 2.29. The van der Waals surface area contributed by atoms with Crippen LogP contribution in [0.25, 0.3) is 0 Å². The molecule has 2 aliphatic rings. The Morgan fingerprint density at radius 3 is 2.83 bits per heavy atom. The molecule has 1 heterocycles. The maximum absolute atomic E-state index is 11.4. The Morgan fingerprint density at radius 1 is 1.58 bits per heavy atom. The van der Waals surface area contributed by atoms with E-state index in [1.54, 1.807) is 0 Å². The van der Waals surface area contributed by atoms with Crippen LogP contribution in [0.3, 0.4) is 0 Å². The van der Waals surface area contributed by atoms with Crippen LogP contribution in [0.1, 0.15) is 26.2 Å². The molecule has 0 radical (unpaired) electrons. The van der Waals surface area contributed by atoms with Crippen LogP contribution in [-0.2, 0) is 4.79 Å². The van der Waals surface area contributed by atoms with E-state index in [1.807, 2.05) is 11.8 Å². The number of nitrogens with one attached hydrogen (secondary N) is 1. The number of carbonyl (C=O) groups excluding carboxylic acids is 1. The summed E-state index contributed by atoms with van der Waals surface area (Å²) in [4.78, 5) is 13.3. The summed E-state index contributed by atoms with van der Waals surface area (Å²) in [5.41, 5.74) is 0.